The molecular weight excluding hydrogens is 301 g/mol. The highest BCUT2D eigenvalue weighted by atomic mass is 19.4. The van der Waals surface area contributed by atoms with Gasteiger partial charge in [0, 0.05) is 0 Å². The van der Waals surface area contributed by atoms with Crippen molar-refractivity contribution in [1.29, 1.82) is 0 Å². The molecule has 1 fully saturated rings. The molecule has 2 atom stereocenters. The van der Waals surface area contributed by atoms with E-state index in [1.807, 2.05) is 5.32 Å². The van der Waals surface area contributed by atoms with Crippen molar-refractivity contribution in [3.05, 3.63) is 35.4 Å². The molecule has 3 amide bonds. The SMILES string of the molecule is O=C1N[C@@H](C(F)(F)F)CC[C@@H]1N1C(=O)c2ccccc2C1=O. The predicted octanol–water partition coefficient (Wildman–Crippen LogP) is 1.49. The number of carbonyl (C=O) groups is 3. The van der Waals surface area contributed by atoms with Gasteiger partial charge in [-0.05, 0) is 25.0 Å². The molecule has 0 radical (unpaired) electrons. The molecule has 0 spiro atoms. The molecule has 2 heterocycles. The third kappa shape index (κ3) is 2.15. The second kappa shape index (κ2) is 4.82. The van der Waals surface area contributed by atoms with Gasteiger partial charge in [0.25, 0.3) is 11.8 Å². The van der Waals surface area contributed by atoms with Crippen molar-refractivity contribution < 1.29 is 27.6 Å². The summed E-state index contributed by atoms with van der Waals surface area (Å²) in [7, 11) is 0. The largest absolute Gasteiger partial charge is 0.408 e. The Morgan fingerprint density at radius 2 is 1.55 bits per heavy atom. The molecule has 8 heteroatoms. The number of nitrogens with zero attached hydrogens (tertiary/aromatic N) is 1. The number of carbonyl (C=O) groups excluding carboxylic acids is 3. The molecule has 1 N–H and O–H groups in total. The third-order valence-electron chi connectivity index (χ3n) is 3.88. The van der Waals surface area contributed by atoms with E-state index >= 15 is 0 Å². The Morgan fingerprint density at radius 3 is 2.00 bits per heavy atom. The lowest BCUT2D eigenvalue weighted by atomic mass is 9.98. The molecule has 0 bridgehead atoms. The first-order valence-electron chi connectivity index (χ1n) is 6.64. The lowest BCUT2D eigenvalue weighted by molar-refractivity contribution is -0.169. The number of nitrogens with one attached hydrogen (secondary N) is 1. The van der Waals surface area contributed by atoms with Gasteiger partial charge in [-0.15, -0.1) is 0 Å². The fourth-order valence-electron chi connectivity index (χ4n) is 2.78. The van der Waals surface area contributed by atoms with Crippen molar-refractivity contribution in [3.8, 4) is 0 Å². The van der Waals surface area contributed by atoms with Crippen LogP contribution in [0.1, 0.15) is 33.6 Å². The molecule has 0 unspecified atom stereocenters. The minimum absolute atomic E-state index is 0.165. The fraction of sp³-hybridized carbons (Fsp3) is 0.357. The molecule has 116 valence electrons. The monoisotopic (exact) mass is 312 g/mol. The molecule has 2 aliphatic rings. The second-order valence-electron chi connectivity index (χ2n) is 5.22. The molecule has 0 aliphatic carbocycles. The van der Waals surface area contributed by atoms with Gasteiger partial charge in [0.1, 0.15) is 12.1 Å². The molecule has 1 aromatic carbocycles. The zero-order chi connectivity index (χ0) is 16.1. The Morgan fingerprint density at radius 1 is 1.00 bits per heavy atom. The van der Waals surface area contributed by atoms with E-state index in [2.05, 4.69) is 0 Å². The van der Waals surface area contributed by atoms with E-state index in [1.165, 1.54) is 12.1 Å². The van der Waals surface area contributed by atoms with E-state index in [1.54, 1.807) is 12.1 Å². The highest BCUT2D eigenvalue weighted by Crippen LogP contribution is 2.31. The summed E-state index contributed by atoms with van der Waals surface area (Å²) in [5, 5.41) is 1.84. The molecule has 22 heavy (non-hydrogen) atoms. The molecule has 1 aromatic rings. The van der Waals surface area contributed by atoms with Gasteiger partial charge in [-0.2, -0.15) is 13.2 Å². The van der Waals surface area contributed by atoms with E-state index in [-0.39, 0.29) is 24.0 Å². The lowest BCUT2D eigenvalue weighted by Gasteiger charge is -2.34. The average Bonchev–Trinajstić information content (AvgIpc) is 2.71. The Hall–Kier alpha value is -2.38. The summed E-state index contributed by atoms with van der Waals surface area (Å²) >= 11 is 0. The van der Waals surface area contributed by atoms with Crippen molar-refractivity contribution in [2.45, 2.75) is 31.1 Å². The normalized spacial score (nSPS) is 25.2. The van der Waals surface area contributed by atoms with E-state index < -0.39 is 36.0 Å². The Balaban J connectivity index is 1.84. The van der Waals surface area contributed by atoms with E-state index in [9.17, 15) is 27.6 Å². The maximum absolute atomic E-state index is 12.6. The second-order valence-corrected chi connectivity index (χ2v) is 5.22. The number of imide groups is 1. The molecule has 1 saturated heterocycles. The Labute approximate surface area is 123 Å². The van der Waals surface area contributed by atoms with Gasteiger partial charge < -0.3 is 5.32 Å². The van der Waals surface area contributed by atoms with Crippen LogP contribution in [-0.4, -0.2) is 40.9 Å². The van der Waals surface area contributed by atoms with Gasteiger partial charge in [-0.3, -0.25) is 19.3 Å². The number of halogens is 3. The number of hydrogen-bond donors (Lipinski definition) is 1. The standard InChI is InChI=1S/C14H11F3N2O3/c15-14(16,17)10-6-5-9(11(20)18-10)19-12(21)7-3-1-2-4-8(7)13(19)22/h1-4,9-10H,5-6H2,(H,18,20)/t9-,10+/m0/s1. The molecule has 0 saturated carbocycles. The maximum Gasteiger partial charge on any atom is 0.408 e. The van der Waals surface area contributed by atoms with Crippen molar-refractivity contribution in [1.82, 2.24) is 10.2 Å². The third-order valence-corrected chi connectivity index (χ3v) is 3.88. The zero-order valence-corrected chi connectivity index (χ0v) is 11.2. The summed E-state index contributed by atoms with van der Waals surface area (Å²) in [4.78, 5) is 37.1. The highest BCUT2D eigenvalue weighted by molar-refractivity contribution is 6.22. The van der Waals surface area contributed by atoms with E-state index in [4.69, 9.17) is 0 Å². The zero-order valence-electron chi connectivity index (χ0n) is 11.2. The smallest absolute Gasteiger partial charge is 0.343 e. The summed E-state index contributed by atoms with van der Waals surface area (Å²) in [6, 6.07) is 2.92. The van der Waals surface area contributed by atoms with Crippen LogP contribution in [0.3, 0.4) is 0 Å². The van der Waals surface area contributed by atoms with Crippen molar-refractivity contribution in [3.63, 3.8) is 0 Å². The predicted molar refractivity (Wildman–Crippen MR) is 67.9 cm³/mol. The van der Waals surface area contributed by atoms with Gasteiger partial charge in [0.05, 0.1) is 11.1 Å². The highest BCUT2D eigenvalue weighted by Gasteiger charge is 2.49. The van der Waals surface area contributed by atoms with Crippen LogP contribution in [0.2, 0.25) is 0 Å². The quantitative estimate of drug-likeness (QED) is 0.799. The van der Waals surface area contributed by atoms with Gasteiger partial charge >= 0.3 is 6.18 Å². The van der Waals surface area contributed by atoms with Gasteiger partial charge in [0.2, 0.25) is 5.91 Å². The number of alkyl halides is 3. The molecule has 2 aliphatic heterocycles. The number of rotatable bonds is 1. The summed E-state index contributed by atoms with van der Waals surface area (Å²) in [6.07, 6.45) is -5.11. The topological polar surface area (TPSA) is 66.5 Å². The summed E-state index contributed by atoms with van der Waals surface area (Å²) in [6.45, 7) is 0. The number of hydrogen-bond acceptors (Lipinski definition) is 3. The summed E-state index contributed by atoms with van der Waals surface area (Å²) < 4.78 is 37.9. The van der Waals surface area contributed by atoms with Crippen LogP contribution in [0.5, 0.6) is 0 Å². The molecule has 0 aromatic heterocycles. The minimum Gasteiger partial charge on any atom is -0.343 e. The van der Waals surface area contributed by atoms with Crippen molar-refractivity contribution in [2.75, 3.05) is 0 Å². The Bertz CT molecular complexity index is 637. The summed E-state index contributed by atoms with van der Waals surface area (Å²) in [5.41, 5.74) is 0.330. The van der Waals surface area contributed by atoms with Gasteiger partial charge in [-0.25, -0.2) is 0 Å². The molecule has 3 rings (SSSR count). The van der Waals surface area contributed by atoms with E-state index in [0.29, 0.717) is 0 Å². The minimum atomic E-state index is -4.54. The van der Waals surface area contributed by atoms with Crippen molar-refractivity contribution in [2.24, 2.45) is 0 Å². The van der Waals surface area contributed by atoms with Crippen LogP contribution in [0, 0.1) is 0 Å². The average molecular weight is 312 g/mol. The number of piperidine rings is 1. The molecular formula is C14H11F3N2O3. The maximum atomic E-state index is 12.6. The number of benzene rings is 1. The van der Waals surface area contributed by atoms with Gasteiger partial charge in [-0.1, -0.05) is 12.1 Å². The Kier molecular flexibility index (Phi) is 3.19. The number of amides is 3. The van der Waals surface area contributed by atoms with Crippen molar-refractivity contribution >= 4 is 17.7 Å². The molecule has 5 nitrogen and oxygen atoms in total. The lowest BCUT2D eigenvalue weighted by Crippen LogP contribution is -2.59. The fourth-order valence-corrected chi connectivity index (χ4v) is 2.78. The first kappa shape index (κ1) is 14.6. The summed E-state index contributed by atoms with van der Waals surface area (Å²) in [5.74, 6) is -2.25. The van der Waals surface area contributed by atoms with Crippen LogP contribution >= 0.6 is 0 Å². The first-order valence-corrected chi connectivity index (χ1v) is 6.64. The van der Waals surface area contributed by atoms with Crippen LogP contribution in [0.25, 0.3) is 0 Å². The van der Waals surface area contributed by atoms with Crippen LogP contribution in [-0.2, 0) is 4.79 Å². The first-order chi connectivity index (χ1) is 10.3. The van der Waals surface area contributed by atoms with Crippen LogP contribution in [0.4, 0.5) is 13.2 Å². The number of fused-ring (bicyclic) bond motifs is 1. The van der Waals surface area contributed by atoms with E-state index in [0.717, 1.165) is 4.90 Å². The van der Waals surface area contributed by atoms with Crippen LogP contribution in [0.15, 0.2) is 24.3 Å². The van der Waals surface area contributed by atoms with Gasteiger partial charge in [0.15, 0.2) is 0 Å². The van der Waals surface area contributed by atoms with Crippen LogP contribution < -0.4 is 5.32 Å².